The molecule has 9 heteroatoms. The minimum Gasteiger partial charge on any atom is -0.482 e. The fourth-order valence-electron chi connectivity index (χ4n) is 3.90. The highest BCUT2D eigenvalue weighted by Crippen LogP contribution is 2.35. The number of nitrogens with one attached hydrogen (secondary N) is 4. The zero-order chi connectivity index (χ0) is 23.5. The predicted octanol–water partition coefficient (Wildman–Crippen LogP) is 4.52. The Bertz CT molecular complexity index is 1150. The second-order valence-corrected chi connectivity index (χ2v) is 8.37. The van der Waals surface area contributed by atoms with Crippen molar-refractivity contribution in [3.05, 3.63) is 70.4 Å². The molecule has 0 saturated heterocycles. The summed E-state index contributed by atoms with van der Waals surface area (Å²) in [7, 11) is 1.75. The first-order chi connectivity index (χ1) is 15.9. The van der Waals surface area contributed by atoms with Crippen LogP contribution in [-0.2, 0) is 0 Å². The number of fused-ring (bicyclic) bond motifs is 3. The molecule has 4 rings (SSSR count). The molecule has 6 N–H and O–H groups in total. The largest absolute Gasteiger partial charge is 0.482 e. The highest BCUT2D eigenvalue weighted by Gasteiger charge is 2.25. The van der Waals surface area contributed by atoms with E-state index in [4.69, 9.17) is 21.4 Å². The van der Waals surface area contributed by atoms with Gasteiger partial charge in [0.2, 0.25) is 0 Å². The maximum atomic E-state index is 14.2. The number of halogens is 1. The number of anilines is 1. The number of pyridine rings is 1. The molecule has 1 saturated carbocycles. The number of nitrogen functional groups attached to an aromatic ring is 1. The summed E-state index contributed by atoms with van der Waals surface area (Å²) in [5.74, 6) is 0.729. The Morgan fingerprint density at radius 3 is 2.82 bits per heavy atom. The van der Waals surface area contributed by atoms with E-state index in [-0.39, 0.29) is 18.0 Å². The molecule has 0 radical (unpaired) electrons. The summed E-state index contributed by atoms with van der Waals surface area (Å²) in [4.78, 5) is 4.30. The zero-order valence-electron chi connectivity index (χ0n) is 18.7. The van der Waals surface area contributed by atoms with E-state index in [1.165, 1.54) is 25.0 Å². The molecule has 1 aliphatic carbocycles. The number of hydrogen-bond acceptors (Lipinski definition) is 8. The van der Waals surface area contributed by atoms with Crippen LogP contribution in [0.15, 0.2) is 53.0 Å². The van der Waals surface area contributed by atoms with Crippen LogP contribution in [0.25, 0.3) is 5.70 Å². The van der Waals surface area contributed by atoms with Crippen molar-refractivity contribution in [2.24, 2.45) is 11.0 Å². The van der Waals surface area contributed by atoms with Crippen molar-refractivity contribution in [3.8, 4) is 5.75 Å². The van der Waals surface area contributed by atoms with E-state index in [9.17, 15) is 4.39 Å². The van der Waals surface area contributed by atoms with Gasteiger partial charge in [-0.15, -0.1) is 0 Å². The highest BCUT2D eigenvalue weighted by molar-refractivity contribution is 6.11. The van der Waals surface area contributed by atoms with Crippen molar-refractivity contribution >= 4 is 17.2 Å². The van der Waals surface area contributed by atoms with Gasteiger partial charge in [0.05, 0.1) is 17.1 Å². The maximum absolute atomic E-state index is 14.2. The van der Waals surface area contributed by atoms with Gasteiger partial charge in [0, 0.05) is 49.1 Å². The molecule has 0 amide bonds. The maximum Gasteiger partial charge on any atom is 0.166 e. The Labute approximate surface area is 192 Å². The quantitative estimate of drug-likeness (QED) is 0.428. The molecule has 2 aliphatic rings. The lowest BCUT2D eigenvalue weighted by atomic mass is 9.92. The fraction of sp³-hybridized carbons (Fsp3) is 0.333. The first kappa shape index (κ1) is 22.4. The first-order valence-corrected chi connectivity index (χ1v) is 10.9. The molecule has 0 unspecified atom stereocenters. The third-order valence-corrected chi connectivity index (χ3v) is 5.88. The van der Waals surface area contributed by atoms with Crippen LogP contribution in [-0.4, -0.2) is 24.3 Å². The van der Waals surface area contributed by atoms with E-state index in [1.54, 1.807) is 38.5 Å². The molecule has 2 aromatic rings. The summed E-state index contributed by atoms with van der Waals surface area (Å²) in [6, 6.07) is 6.05. The number of allylic oxidation sites excluding steroid dienone is 1. The lowest BCUT2D eigenvalue weighted by Crippen LogP contribution is -2.20. The second kappa shape index (κ2) is 9.40. The number of aromatic nitrogens is 1. The van der Waals surface area contributed by atoms with Gasteiger partial charge in [-0.1, -0.05) is 0 Å². The standard InChI is InChI=1S/C24H28FN7O/c1-13-19-9-17(25)5-6-18(19)22(26)15(11-29-2)7-20(32-28)23(30-10-14-3-4-14)16-8-21(33-13)24(27)31-12-16/h5-6,8-9,11-14,26,28-30H,3-4,7,10H2,1-2H3,(H2,27,31)/b15-11-,23-20-,26-22?,32-28?/t13-/m1/s1. The monoisotopic (exact) mass is 449 g/mol. The SMILES string of the molecule is CN/C=C1/C/C(N=N)=C(/NCC2CC2)c2cnc(N)c(c2)O[C@H](C)c2cc(F)ccc2C1=N. The van der Waals surface area contributed by atoms with Crippen LogP contribution in [0.1, 0.15) is 49.0 Å². The Morgan fingerprint density at radius 1 is 1.33 bits per heavy atom. The molecule has 1 aromatic heterocycles. The van der Waals surface area contributed by atoms with E-state index >= 15 is 0 Å². The van der Waals surface area contributed by atoms with E-state index in [2.05, 4.69) is 20.7 Å². The summed E-state index contributed by atoms with van der Waals surface area (Å²) >= 11 is 0. The number of benzene rings is 1. The molecule has 1 aliphatic heterocycles. The van der Waals surface area contributed by atoms with Crippen molar-refractivity contribution in [1.29, 1.82) is 10.9 Å². The Kier molecular flexibility index (Phi) is 6.39. The third-order valence-electron chi connectivity index (χ3n) is 5.88. The van der Waals surface area contributed by atoms with E-state index in [1.807, 2.05) is 0 Å². The van der Waals surface area contributed by atoms with Gasteiger partial charge < -0.3 is 21.1 Å². The second-order valence-electron chi connectivity index (χ2n) is 8.37. The summed E-state index contributed by atoms with van der Waals surface area (Å²) in [6.45, 7) is 2.55. The van der Waals surface area contributed by atoms with Gasteiger partial charge in [0.15, 0.2) is 11.6 Å². The van der Waals surface area contributed by atoms with Crippen molar-refractivity contribution in [3.63, 3.8) is 0 Å². The summed E-state index contributed by atoms with van der Waals surface area (Å²) in [6.07, 6.45) is 5.31. The van der Waals surface area contributed by atoms with Crippen LogP contribution in [0.2, 0.25) is 0 Å². The van der Waals surface area contributed by atoms with Crippen molar-refractivity contribution in [2.45, 2.75) is 32.3 Å². The van der Waals surface area contributed by atoms with Crippen LogP contribution >= 0.6 is 0 Å². The Balaban J connectivity index is 1.91. The normalized spacial score (nSPS) is 22.0. The number of rotatable bonds is 5. The topological polar surface area (TPSA) is 132 Å². The molecule has 1 aromatic carbocycles. The van der Waals surface area contributed by atoms with Gasteiger partial charge in [-0.2, -0.15) is 5.11 Å². The molecule has 2 heterocycles. The minimum absolute atomic E-state index is 0.202. The summed E-state index contributed by atoms with van der Waals surface area (Å²) in [5.41, 5.74) is 17.7. The highest BCUT2D eigenvalue weighted by atomic mass is 19.1. The molecule has 0 spiro atoms. The first-order valence-electron chi connectivity index (χ1n) is 10.9. The molecule has 8 nitrogen and oxygen atoms in total. The Hall–Kier alpha value is -3.75. The average Bonchev–Trinajstić information content (AvgIpc) is 3.63. The lowest BCUT2D eigenvalue weighted by Gasteiger charge is -2.23. The van der Waals surface area contributed by atoms with Gasteiger partial charge in [-0.05, 0) is 55.5 Å². The fourth-order valence-corrected chi connectivity index (χ4v) is 3.90. The van der Waals surface area contributed by atoms with Gasteiger partial charge in [0.25, 0.3) is 0 Å². The smallest absolute Gasteiger partial charge is 0.166 e. The van der Waals surface area contributed by atoms with Crippen molar-refractivity contribution in [1.82, 2.24) is 15.6 Å². The summed E-state index contributed by atoms with van der Waals surface area (Å²) < 4.78 is 20.3. The van der Waals surface area contributed by atoms with Gasteiger partial charge in [-0.25, -0.2) is 14.9 Å². The molecule has 33 heavy (non-hydrogen) atoms. The van der Waals surface area contributed by atoms with Gasteiger partial charge in [0.1, 0.15) is 11.9 Å². The summed E-state index contributed by atoms with van der Waals surface area (Å²) in [5, 5.41) is 19.2. The van der Waals surface area contributed by atoms with Crippen LogP contribution in [0, 0.1) is 22.7 Å². The number of hydrogen-bond donors (Lipinski definition) is 5. The van der Waals surface area contributed by atoms with Gasteiger partial charge in [-0.3, -0.25) is 5.41 Å². The van der Waals surface area contributed by atoms with Gasteiger partial charge >= 0.3 is 0 Å². The minimum atomic E-state index is -0.585. The predicted molar refractivity (Wildman–Crippen MR) is 125 cm³/mol. The number of nitrogens with two attached hydrogens (primary N) is 1. The molecule has 1 atom stereocenters. The van der Waals surface area contributed by atoms with Crippen LogP contribution in [0.3, 0.4) is 0 Å². The van der Waals surface area contributed by atoms with Crippen molar-refractivity contribution < 1.29 is 9.13 Å². The zero-order valence-corrected chi connectivity index (χ0v) is 18.7. The molecular weight excluding hydrogens is 421 g/mol. The van der Waals surface area contributed by atoms with E-state index in [0.29, 0.717) is 45.3 Å². The Morgan fingerprint density at radius 2 is 2.12 bits per heavy atom. The third kappa shape index (κ3) is 4.87. The van der Waals surface area contributed by atoms with Crippen LogP contribution in [0.4, 0.5) is 10.2 Å². The average molecular weight is 450 g/mol. The number of ether oxygens (including phenoxy) is 1. The molecule has 1 fully saturated rings. The molecule has 2 bridgehead atoms. The molecular formula is C24H28FN7O. The number of nitrogens with zero attached hydrogens (tertiary/aromatic N) is 2. The lowest BCUT2D eigenvalue weighted by molar-refractivity contribution is 0.227. The molecule has 172 valence electrons. The van der Waals surface area contributed by atoms with E-state index < -0.39 is 11.9 Å². The van der Waals surface area contributed by atoms with Crippen LogP contribution < -0.4 is 21.1 Å². The van der Waals surface area contributed by atoms with E-state index in [0.717, 1.165) is 6.54 Å². The van der Waals surface area contributed by atoms with Crippen LogP contribution in [0.5, 0.6) is 5.75 Å². The van der Waals surface area contributed by atoms with Crippen molar-refractivity contribution in [2.75, 3.05) is 19.3 Å².